The molecule has 3 heterocycles. The predicted molar refractivity (Wildman–Crippen MR) is 114 cm³/mol. The second kappa shape index (κ2) is 8.09. The van der Waals surface area contributed by atoms with Crippen LogP contribution >= 0.6 is 0 Å². The molecule has 1 saturated carbocycles. The zero-order valence-corrected chi connectivity index (χ0v) is 17.5. The largest absolute Gasteiger partial charge is 0.379 e. The Morgan fingerprint density at radius 1 is 1.07 bits per heavy atom. The molecule has 1 aromatic carbocycles. The van der Waals surface area contributed by atoms with Gasteiger partial charge in [-0.3, -0.25) is 14.6 Å². The lowest BCUT2D eigenvalue weighted by Crippen LogP contribution is -2.53. The predicted octanol–water partition coefficient (Wildman–Crippen LogP) is 2.32. The van der Waals surface area contributed by atoms with E-state index in [-0.39, 0.29) is 5.91 Å². The van der Waals surface area contributed by atoms with Crippen molar-refractivity contribution in [1.82, 2.24) is 19.3 Å². The highest BCUT2D eigenvalue weighted by Gasteiger charge is 2.29. The number of aromatic nitrogens is 1. The number of hydrogen-bond acceptors (Lipinski definition) is 4. The van der Waals surface area contributed by atoms with Crippen molar-refractivity contribution >= 4 is 16.8 Å². The van der Waals surface area contributed by atoms with Crippen molar-refractivity contribution in [3.63, 3.8) is 0 Å². The first kappa shape index (κ1) is 19.1. The fourth-order valence-electron chi connectivity index (χ4n) is 4.95. The first-order valence-electron chi connectivity index (χ1n) is 11.1. The van der Waals surface area contributed by atoms with Gasteiger partial charge in [0.2, 0.25) is 0 Å². The summed E-state index contributed by atoms with van der Waals surface area (Å²) in [5.41, 5.74) is 3.29. The first-order chi connectivity index (χ1) is 14.2. The Bertz CT molecular complexity index is 874. The number of ether oxygens (including phenoxy) is 1. The molecule has 156 valence electrons. The summed E-state index contributed by atoms with van der Waals surface area (Å²) in [6.45, 7) is 8.29. The van der Waals surface area contributed by atoms with Crippen molar-refractivity contribution < 1.29 is 9.53 Å². The topological polar surface area (TPSA) is 41.0 Å². The lowest BCUT2D eigenvalue weighted by atomic mass is 9.91. The van der Waals surface area contributed by atoms with Crippen molar-refractivity contribution in [2.45, 2.75) is 31.8 Å². The quantitative estimate of drug-likeness (QED) is 0.795. The number of hydrogen-bond donors (Lipinski definition) is 0. The van der Waals surface area contributed by atoms with Gasteiger partial charge in [0.05, 0.1) is 13.2 Å². The Morgan fingerprint density at radius 2 is 1.83 bits per heavy atom. The molecule has 1 amide bonds. The number of carbonyl (C=O) groups is 1. The minimum absolute atomic E-state index is 0.177. The highest BCUT2D eigenvalue weighted by molar-refractivity contribution is 5.98. The number of carbonyl (C=O) groups excluding carboxylic acids is 1. The van der Waals surface area contributed by atoms with Crippen LogP contribution < -0.4 is 0 Å². The van der Waals surface area contributed by atoms with E-state index in [1.807, 2.05) is 11.0 Å². The normalized spacial score (nSPS) is 22.2. The van der Waals surface area contributed by atoms with Crippen LogP contribution in [-0.2, 0) is 18.3 Å². The number of amides is 1. The molecule has 1 aromatic heterocycles. The SMILES string of the molecule is Cn1cc(CN2CCOCC2)c2ccc(C(=O)N3CCN(C4CCC4)CC3)cc21. The molecule has 2 aliphatic heterocycles. The Labute approximate surface area is 173 Å². The lowest BCUT2D eigenvalue weighted by Gasteiger charge is -2.42. The Morgan fingerprint density at radius 3 is 2.52 bits per heavy atom. The molecule has 0 atom stereocenters. The van der Waals surface area contributed by atoms with Gasteiger partial charge in [-0.2, -0.15) is 0 Å². The van der Waals surface area contributed by atoms with Crippen LogP contribution in [0.4, 0.5) is 0 Å². The van der Waals surface area contributed by atoms with Gasteiger partial charge in [0.25, 0.3) is 5.91 Å². The molecular weight excluding hydrogens is 364 g/mol. The minimum Gasteiger partial charge on any atom is -0.379 e. The van der Waals surface area contributed by atoms with Crippen LogP contribution in [0.3, 0.4) is 0 Å². The van der Waals surface area contributed by atoms with E-state index in [9.17, 15) is 4.79 Å². The number of benzene rings is 1. The number of aryl methyl sites for hydroxylation is 1. The van der Waals surface area contributed by atoms with Gasteiger partial charge in [-0.25, -0.2) is 0 Å². The fourth-order valence-corrected chi connectivity index (χ4v) is 4.95. The fraction of sp³-hybridized carbons (Fsp3) is 0.609. The van der Waals surface area contributed by atoms with E-state index in [1.54, 1.807) is 0 Å². The molecule has 1 aliphatic carbocycles. The van der Waals surface area contributed by atoms with Gasteiger partial charge in [0, 0.05) is 81.6 Å². The molecule has 3 aliphatic rings. The maximum Gasteiger partial charge on any atom is 0.254 e. The van der Waals surface area contributed by atoms with E-state index in [0.29, 0.717) is 0 Å². The van der Waals surface area contributed by atoms with Gasteiger partial charge >= 0.3 is 0 Å². The molecule has 6 nitrogen and oxygen atoms in total. The van der Waals surface area contributed by atoms with Gasteiger partial charge in [-0.1, -0.05) is 12.5 Å². The molecular formula is C23H32N4O2. The van der Waals surface area contributed by atoms with Gasteiger partial charge in [-0.05, 0) is 30.5 Å². The number of morpholine rings is 1. The number of rotatable bonds is 4. The zero-order chi connectivity index (χ0) is 19.8. The maximum absolute atomic E-state index is 13.1. The van der Waals surface area contributed by atoms with Crippen LogP contribution in [0.15, 0.2) is 24.4 Å². The molecule has 2 aromatic rings. The third-order valence-corrected chi connectivity index (χ3v) is 7.01. The van der Waals surface area contributed by atoms with Gasteiger partial charge in [-0.15, -0.1) is 0 Å². The van der Waals surface area contributed by atoms with Crippen molar-refractivity contribution in [2.24, 2.45) is 7.05 Å². The first-order valence-corrected chi connectivity index (χ1v) is 11.1. The molecule has 29 heavy (non-hydrogen) atoms. The van der Waals surface area contributed by atoms with Crippen molar-refractivity contribution in [3.8, 4) is 0 Å². The van der Waals surface area contributed by atoms with Crippen LogP contribution in [0.1, 0.15) is 35.2 Å². The summed E-state index contributed by atoms with van der Waals surface area (Å²) in [7, 11) is 2.08. The average molecular weight is 397 g/mol. The third kappa shape index (κ3) is 3.81. The van der Waals surface area contributed by atoms with E-state index >= 15 is 0 Å². The Balaban J connectivity index is 1.29. The van der Waals surface area contributed by atoms with Gasteiger partial charge in [0.15, 0.2) is 0 Å². The minimum atomic E-state index is 0.177. The van der Waals surface area contributed by atoms with Crippen LogP contribution in [0, 0.1) is 0 Å². The van der Waals surface area contributed by atoms with E-state index in [2.05, 4.69) is 39.7 Å². The molecule has 0 N–H and O–H groups in total. The average Bonchev–Trinajstić information content (AvgIpc) is 3.02. The summed E-state index contributed by atoms with van der Waals surface area (Å²) in [6, 6.07) is 7.02. The molecule has 6 heteroatoms. The van der Waals surface area contributed by atoms with Crippen LogP contribution in [0.5, 0.6) is 0 Å². The summed E-state index contributed by atoms with van der Waals surface area (Å²) >= 11 is 0. The monoisotopic (exact) mass is 396 g/mol. The Kier molecular flexibility index (Phi) is 5.33. The van der Waals surface area contributed by atoms with Crippen molar-refractivity contribution in [2.75, 3.05) is 52.5 Å². The summed E-state index contributed by atoms with van der Waals surface area (Å²) in [6.07, 6.45) is 6.26. The highest BCUT2D eigenvalue weighted by Crippen LogP contribution is 2.27. The summed E-state index contributed by atoms with van der Waals surface area (Å²) in [5.74, 6) is 0.177. The smallest absolute Gasteiger partial charge is 0.254 e. The number of piperazine rings is 1. The second-order valence-corrected chi connectivity index (χ2v) is 8.80. The standard InChI is InChI=1S/C23H32N4O2/c1-24-16-19(17-25-11-13-29-14-12-25)21-6-5-18(15-22(21)24)23(28)27-9-7-26(8-10-27)20-3-2-4-20/h5-6,15-16,20H,2-4,7-14,17H2,1H3. The molecule has 5 rings (SSSR count). The maximum atomic E-state index is 13.1. The Hall–Kier alpha value is -1.89. The molecule has 2 saturated heterocycles. The highest BCUT2D eigenvalue weighted by atomic mass is 16.5. The summed E-state index contributed by atoms with van der Waals surface area (Å²) in [4.78, 5) is 20.2. The van der Waals surface area contributed by atoms with E-state index in [1.165, 1.54) is 30.2 Å². The molecule has 0 spiro atoms. The number of fused-ring (bicyclic) bond motifs is 1. The second-order valence-electron chi connectivity index (χ2n) is 8.80. The number of nitrogens with zero attached hydrogens (tertiary/aromatic N) is 4. The van der Waals surface area contributed by atoms with E-state index < -0.39 is 0 Å². The summed E-state index contributed by atoms with van der Waals surface area (Å²) < 4.78 is 7.63. The zero-order valence-electron chi connectivity index (χ0n) is 17.5. The summed E-state index contributed by atoms with van der Waals surface area (Å²) in [5, 5.41) is 1.25. The molecule has 0 bridgehead atoms. The van der Waals surface area contributed by atoms with Gasteiger partial charge < -0.3 is 14.2 Å². The van der Waals surface area contributed by atoms with E-state index in [4.69, 9.17) is 4.74 Å². The molecule has 0 unspecified atom stereocenters. The van der Waals surface area contributed by atoms with E-state index in [0.717, 1.165) is 76.1 Å². The van der Waals surface area contributed by atoms with Crippen LogP contribution in [0.25, 0.3) is 10.9 Å². The van der Waals surface area contributed by atoms with Crippen molar-refractivity contribution in [1.29, 1.82) is 0 Å². The van der Waals surface area contributed by atoms with Crippen LogP contribution in [-0.4, -0.2) is 83.7 Å². The van der Waals surface area contributed by atoms with Crippen molar-refractivity contribution in [3.05, 3.63) is 35.5 Å². The lowest BCUT2D eigenvalue weighted by molar-refractivity contribution is 0.0343. The third-order valence-electron chi connectivity index (χ3n) is 7.01. The molecule has 3 fully saturated rings. The van der Waals surface area contributed by atoms with Gasteiger partial charge in [0.1, 0.15) is 0 Å². The molecule has 0 radical (unpaired) electrons. The van der Waals surface area contributed by atoms with Crippen LogP contribution in [0.2, 0.25) is 0 Å².